The van der Waals surface area contributed by atoms with Crippen molar-refractivity contribution < 1.29 is 22.7 Å². The molecule has 0 saturated carbocycles. The second kappa shape index (κ2) is 5.77. The molecule has 0 atom stereocenters. The molecule has 0 amide bonds. The van der Waals surface area contributed by atoms with Gasteiger partial charge < -0.3 is 4.74 Å². The molecule has 0 bridgehead atoms. The van der Waals surface area contributed by atoms with Crippen LogP contribution in [0, 0.1) is 0 Å². The summed E-state index contributed by atoms with van der Waals surface area (Å²) in [6, 6.07) is 10.3. The number of rotatable bonds is 3. The van der Waals surface area contributed by atoms with Crippen LogP contribution in [0.15, 0.2) is 42.5 Å². The molecule has 0 saturated heterocycles. The monoisotopic (exact) mass is 314 g/mol. The van der Waals surface area contributed by atoms with Gasteiger partial charge in [0.1, 0.15) is 5.75 Å². The number of benzene rings is 2. The maximum Gasteiger partial charge on any atom is 0.573 e. The number of ketones is 1. The molecule has 6 heteroatoms. The Morgan fingerprint density at radius 3 is 2.14 bits per heavy atom. The highest BCUT2D eigenvalue weighted by Crippen LogP contribution is 2.29. The van der Waals surface area contributed by atoms with Gasteiger partial charge in [-0.25, -0.2) is 0 Å². The minimum atomic E-state index is -4.72. The number of carbonyl (C=O) groups is 1. The number of halogens is 4. The van der Waals surface area contributed by atoms with Crippen molar-refractivity contribution in [1.29, 1.82) is 0 Å². The summed E-state index contributed by atoms with van der Waals surface area (Å²) in [5.41, 5.74) is 1.71. The number of ether oxygens (including phenoxy) is 1. The first kappa shape index (κ1) is 15.4. The molecule has 0 aromatic heterocycles. The average Bonchev–Trinajstić information content (AvgIpc) is 2.38. The fourth-order valence-corrected chi connectivity index (χ4v) is 2.07. The molecule has 0 aliphatic heterocycles. The van der Waals surface area contributed by atoms with E-state index >= 15 is 0 Å². The van der Waals surface area contributed by atoms with Crippen molar-refractivity contribution in [2.45, 2.75) is 13.3 Å². The molecule has 0 aliphatic rings. The first-order chi connectivity index (χ1) is 9.76. The molecule has 0 spiro atoms. The number of hydrogen-bond donors (Lipinski definition) is 0. The molecule has 2 nitrogen and oxygen atoms in total. The van der Waals surface area contributed by atoms with Gasteiger partial charge in [0.15, 0.2) is 5.78 Å². The molecule has 21 heavy (non-hydrogen) atoms. The SMILES string of the molecule is CC(=O)c1cc(-c2ccc(OC(F)(F)F)cc2)ccc1Cl. The highest BCUT2D eigenvalue weighted by Gasteiger charge is 2.30. The van der Waals surface area contributed by atoms with E-state index in [2.05, 4.69) is 4.74 Å². The van der Waals surface area contributed by atoms with E-state index in [4.69, 9.17) is 11.6 Å². The Labute approximate surface area is 124 Å². The van der Waals surface area contributed by atoms with E-state index in [1.807, 2.05) is 0 Å². The largest absolute Gasteiger partial charge is 0.573 e. The molecule has 0 heterocycles. The Morgan fingerprint density at radius 1 is 1.05 bits per heavy atom. The van der Waals surface area contributed by atoms with Crippen LogP contribution in [0.2, 0.25) is 5.02 Å². The summed E-state index contributed by atoms with van der Waals surface area (Å²) in [5, 5.41) is 0.336. The highest BCUT2D eigenvalue weighted by atomic mass is 35.5. The summed E-state index contributed by atoms with van der Waals surface area (Å²) in [7, 11) is 0. The van der Waals surface area contributed by atoms with Gasteiger partial charge in [0, 0.05) is 5.56 Å². The van der Waals surface area contributed by atoms with Crippen molar-refractivity contribution in [3.63, 3.8) is 0 Å². The third kappa shape index (κ3) is 3.98. The molecule has 0 radical (unpaired) electrons. The number of carbonyl (C=O) groups excluding carboxylic acids is 1. The molecule has 0 unspecified atom stereocenters. The predicted molar refractivity (Wildman–Crippen MR) is 73.6 cm³/mol. The number of hydrogen-bond acceptors (Lipinski definition) is 2. The molecule has 2 aromatic carbocycles. The summed E-state index contributed by atoms with van der Waals surface area (Å²) < 4.78 is 40.0. The van der Waals surface area contributed by atoms with E-state index < -0.39 is 6.36 Å². The van der Waals surface area contributed by atoms with Crippen molar-refractivity contribution in [2.24, 2.45) is 0 Å². The lowest BCUT2D eigenvalue weighted by atomic mass is 10.0. The Kier molecular flexibility index (Phi) is 4.23. The van der Waals surface area contributed by atoms with E-state index in [0.717, 1.165) is 0 Å². The van der Waals surface area contributed by atoms with Crippen molar-refractivity contribution in [3.05, 3.63) is 53.1 Å². The van der Waals surface area contributed by atoms with Gasteiger partial charge in [-0.2, -0.15) is 0 Å². The van der Waals surface area contributed by atoms with Gasteiger partial charge in [-0.05, 0) is 42.3 Å². The van der Waals surface area contributed by atoms with E-state index in [1.54, 1.807) is 18.2 Å². The molecule has 0 N–H and O–H groups in total. The lowest BCUT2D eigenvalue weighted by Crippen LogP contribution is -2.16. The predicted octanol–water partition coefficient (Wildman–Crippen LogP) is 5.11. The van der Waals surface area contributed by atoms with Crippen LogP contribution >= 0.6 is 11.6 Å². The van der Waals surface area contributed by atoms with Crippen molar-refractivity contribution >= 4 is 17.4 Å². The van der Waals surface area contributed by atoms with Crippen LogP contribution in [0.25, 0.3) is 11.1 Å². The minimum absolute atomic E-state index is 0.182. The van der Waals surface area contributed by atoms with Gasteiger partial charge in [0.2, 0.25) is 0 Å². The van der Waals surface area contributed by atoms with Gasteiger partial charge in [-0.1, -0.05) is 29.8 Å². The molecule has 0 fully saturated rings. The first-order valence-corrected chi connectivity index (χ1v) is 6.31. The summed E-state index contributed by atoms with van der Waals surface area (Å²) in [5.74, 6) is -0.481. The topological polar surface area (TPSA) is 26.3 Å². The van der Waals surface area contributed by atoms with Crippen LogP contribution in [-0.4, -0.2) is 12.1 Å². The van der Waals surface area contributed by atoms with E-state index in [-0.39, 0.29) is 11.5 Å². The molecule has 110 valence electrons. The Hall–Kier alpha value is -2.01. The second-order valence-electron chi connectivity index (χ2n) is 4.32. The van der Waals surface area contributed by atoms with Crippen LogP contribution in [-0.2, 0) is 0 Å². The smallest absolute Gasteiger partial charge is 0.406 e. The standard InChI is InChI=1S/C15H10ClF3O2/c1-9(20)13-8-11(4-7-14(13)16)10-2-5-12(6-3-10)21-15(17,18)19/h2-8H,1H3. The summed E-state index contributed by atoms with van der Waals surface area (Å²) in [6.07, 6.45) is -4.72. The van der Waals surface area contributed by atoms with Crippen LogP contribution in [0.1, 0.15) is 17.3 Å². The summed E-state index contributed by atoms with van der Waals surface area (Å²) in [6.45, 7) is 1.39. The Balaban J connectivity index is 2.31. The molecular formula is C15H10ClF3O2. The third-order valence-corrected chi connectivity index (χ3v) is 3.10. The zero-order chi connectivity index (χ0) is 15.6. The lowest BCUT2D eigenvalue weighted by molar-refractivity contribution is -0.274. The van der Waals surface area contributed by atoms with Gasteiger partial charge >= 0.3 is 6.36 Å². The summed E-state index contributed by atoms with van der Waals surface area (Å²) >= 11 is 5.91. The summed E-state index contributed by atoms with van der Waals surface area (Å²) in [4.78, 5) is 11.4. The average molecular weight is 315 g/mol. The molecule has 0 aliphatic carbocycles. The van der Waals surface area contributed by atoms with Crippen LogP contribution in [0.5, 0.6) is 5.75 Å². The first-order valence-electron chi connectivity index (χ1n) is 5.93. The zero-order valence-corrected chi connectivity index (χ0v) is 11.6. The highest BCUT2D eigenvalue weighted by molar-refractivity contribution is 6.34. The maximum atomic E-state index is 12.1. The normalized spacial score (nSPS) is 11.3. The lowest BCUT2D eigenvalue weighted by Gasteiger charge is -2.10. The number of Topliss-reactive ketones (excluding diaryl/α,β-unsaturated/α-hetero) is 1. The van der Waals surface area contributed by atoms with Gasteiger partial charge in [0.25, 0.3) is 0 Å². The molecular weight excluding hydrogens is 305 g/mol. The molecule has 2 aromatic rings. The van der Waals surface area contributed by atoms with Gasteiger partial charge in [0.05, 0.1) is 5.02 Å². The minimum Gasteiger partial charge on any atom is -0.406 e. The quantitative estimate of drug-likeness (QED) is 0.736. The van der Waals surface area contributed by atoms with E-state index in [1.165, 1.54) is 31.2 Å². The van der Waals surface area contributed by atoms with Crippen LogP contribution < -0.4 is 4.74 Å². The maximum absolute atomic E-state index is 12.1. The van der Waals surface area contributed by atoms with Crippen LogP contribution in [0.4, 0.5) is 13.2 Å². The fourth-order valence-electron chi connectivity index (χ4n) is 1.82. The zero-order valence-electron chi connectivity index (χ0n) is 10.9. The van der Waals surface area contributed by atoms with E-state index in [0.29, 0.717) is 21.7 Å². The van der Waals surface area contributed by atoms with Crippen molar-refractivity contribution in [1.82, 2.24) is 0 Å². The van der Waals surface area contributed by atoms with Crippen LogP contribution in [0.3, 0.4) is 0 Å². The van der Waals surface area contributed by atoms with Gasteiger partial charge in [-0.3, -0.25) is 4.79 Å². The third-order valence-electron chi connectivity index (χ3n) is 2.77. The number of alkyl halides is 3. The van der Waals surface area contributed by atoms with E-state index in [9.17, 15) is 18.0 Å². The molecule has 2 rings (SSSR count). The fraction of sp³-hybridized carbons (Fsp3) is 0.133. The Morgan fingerprint density at radius 2 is 1.62 bits per heavy atom. The van der Waals surface area contributed by atoms with Crippen molar-refractivity contribution in [3.8, 4) is 16.9 Å². The second-order valence-corrected chi connectivity index (χ2v) is 4.73. The van der Waals surface area contributed by atoms with Crippen molar-refractivity contribution in [2.75, 3.05) is 0 Å². The Bertz CT molecular complexity index is 664. The van der Waals surface area contributed by atoms with Gasteiger partial charge in [-0.15, -0.1) is 13.2 Å².